The summed E-state index contributed by atoms with van der Waals surface area (Å²) in [5.41, 5.74) is 4.77. The lowest BCUT2D eigenvalue weighted by atomic mass is 9.95. The Bertz CT molecular complexity index is 1010. The summed E-state index contributed by atoms with van der Waals surface area (Å²) in [7, 11) is -7.11. The molecular formula is C18H23NO4S2. The van der Waals surface area contributed by atoms with E-state index in [4.69, 9.17) is 0 Å². The van der Waals surface area contributed by atoms with Crippen LogP contribution in [0.5, 0.6) is 0 Å². The van der Waals surface area contributed by atoms with Gasteiger partial charge < -0.3 is 0 Å². The smallest absolute Gasteiger partial charge is 0.262 e. The van der Waals surface area contributed by atoms with Crippen molar-refractivity contribution in [3.8, 4) is 0 Å². The molecule has 0 atom stereocenters. The molecule has 0 aromatic heterocycles. The highest BCUT2D eigenvalue weighted by atomic mass is 32.2. The Labute approximate surface area is 150 Å². The van der Waals surface area contributed by atoms with Crippen molar-refractivity contribution in [2.45, 2.75) is 44.4 Å². The van der Waals surface area contributed by atoms with Crippen molar-refractivity contribution in [3.63, 3.8) is 0 Å². The number of sulfonamides is 1. The zero-order chi connectivity index (χ0) is 19.2. The highest BCUT2D eigenvalue weighted by Gasteiger charge is 2.23. The fourth-order valence-electron chi connectivity index (χ4n) is 2.85. The zero-order valence-electron chi connectivity index (χ0n) is 15.3. The fraction of sp³-hybridized carbons (Fsp3) is 0.333. The van der Waals surface area contributed by atoms with Gasteiger partial charge in [-0.2, -0.15) is 0 Å². The predicted molar refractivity (Wildman–Crippen MR) is 100 cm³/mol. The third-order valence-corrected chi connectivity index (χ3v) is 7.52. The van der Waals surface area contributed by atoms with E-state index in [1.807, 2.05) is 20.8 Å². The van der Waals surface area contributed by atoms with Crippen molar-refractivity contribution in [1.29, 1.82) is 0 Å². The summed E-state index contributed by atoms with van der Waals surface area (Å²) in [5, 5.41) is 0. The van der Waals surface area contributed by atoms with E-state index in [2.05, 4.69) is 4.72 Å². The van der Waals surface area contributed by atoms with Crippen molar-refractivity contribution in [1.82, 2.24) is 0 Å². The Kier molecular flexibility index (Phi) is 5.03. The first-order valence-corrected chi connectivity index (χ1v) is 11.1. The largest absolute Gasteiger partial charge is 0.280 e. The van der Waals surface area contributed by atoms with E-state index >= 15 is 0 Å². The molecule has 25 heavy (non-hydrogen) atoms. The molecule has 0 radical (unpaired) electrons. The first kappa shape index (κ1) is 19.5. The SMILES string of the molecule is Cc1c(C)c(C)c(S(=O)(=O)Nc2ccc(S(C)(=O)=O)cc2)c(C)c1C. The van der Waals surface area contributed by atoms with Crippen LogP contribution in [0.3, 0.4) is 0 Å². The molecule has 0 spiro atoms. The van der Waals surface area contributed by atoms with Crippen molar-refractivity contribution < 1.29 is 16.8 Å². The summed E-state index contributed by atoms with van der Waals surface area (Å²) in [4.78, 5) is 0.421. The quantitative estimate of drug-likeness (QED) is 0.880. The Hall–Kier alpha value is -1.86. The third kappa shape index (κ3) is 3.72. The molecule has 7 heteroatoms. The van der Waals surface area contributed by atoms with Gasteiger partial charge in [0.1, 0.15) is 0 Å². The Morgan fingerprint density at radius 3 is 1.48 bits per heavy atom. The van der Waals surface area contributed by atoms with E-state index in [0.29, 0.717) is 5.69 Å². The van der Waals surface area contributed by atoms with E-state index < -0.39 is 19.9 Å². The zero-order valence-corrected chi connectivity index (χ0v) is 16.9. The molecule has 0 fully saturated rings. The minimum absolute atomic E-state index is 0.143. The Balaban J connectivity index is 2.51. The average molecular weight is 382 g/mol. The number of hydrogen-bond acceptors (Lipinski definition) is 4. The van der Waals surface area contributed by atoms with Crippen LogP contribution >= 0.6 is 0 Å². The summed E-state index contributed by atoms with van der Waals surface area (Å²) in [6.45, 7) is 9.42. The second-order valence-electron chi connectivity index (χ2n) is 6.36. The van der Waals surface area contributed by atoms with Gasteiger partial charge in [-0.25, -0.2) is 16.8 Å². The molecule has 2 rings (SSSR count). The minimum Gasteiger partial charge on any atom is -0.280 e. The van der Waals surface area contributed by atoms with Gasteiger partial charge in [0.05, 0.1) is 9.79 Å². The monoisotopic (exact) mass is 381 g/mol. The highest BCUT2D eigenvalue weighted by molar-refractivity contribution is 7.92. The molecule has 2 aromatic carbocycles. The molecule has 0 unspecified atom stereocenters. The van der Waals surface area contributed by atoms with Gasteiger partial charge in [-0.15, -0.1) is 0 Å². The lowest BCUT2D eigenvalue weighted by Crippen LogP contribution is -2.17. The number of nitrogens with one attached hydrogen (secondary N) is 1. The number of sulfone groups is 1. The molecule has 0 aliphatic rings. The van der Waals surface area contributed by atoms with Crippen LogP contribution in [0.15, 0.2) is 34.1 Å². The standard InChI is InChI=1S/C18H23NO4S2/c1-11-12(2)14(4)18(15(5)13(11)3)25(22,23)19-16-7-9-17(10-8-16)24(6,20)21/h7-10,19H,1-6H3. The minimum atomic E-state index is -3.78. The fourth-order valence-corrected chi connectivity index (χ4v) is 5.14. The van der Waals surface area contributed by atoms with Crippen molar-refractivity contribution in [2.24, 2.45) is 0 Å². The van der Waals surface area contributed by atoms with Crippen molar-refractivity contribution in [3.05, 3.63) is 52.1 Å². The summed E-state index contributed by atoms with van der Waals surface area (Å²) in [6.07, 6.45) is 1.11. The number of benzene rings is 2. The van der Waals surface area contributed by atoms with Crippen LogP contribution in [0.1, 0.15) is 27.8 Å². The highest BCUT2D eigenvalue weighted by Crippen LogP contribution is 2.30. The van der Waals surface area contributed by atoms with Gasteiger partial charge in [0.2, 0.25) is 0 Å². The van der Waals surface area contributed by atoms with E-state index in [9.17, 15) is 16.8 Å². The van der Waals surface area contributed by atoms with Crippen molar-refractivity contribution in [2.75, 3.05) is 11.0 Å². The molecule has 0 heterocycles. The molecule has 2 aromatic rings. The van der Waals surface area contributed by atoms with E-state index in [0.717, 1.165) is 34.1 Å². The molecule has 0 aliphatic heterocycles. The van der Waals surface area contributed by atoms with Crippen LogP contribution in [0.4, 0.5) is 5.69 Å². The first-order valence-electron chi connectivity index (χ1n) is 7.76. The van der Waals surface area contributed by atoms with Gasteiger partial charge in [-0.3, -0.25) is 4.72 Å². The topological polar surface area (TPSA) is 80.3 Å². The predicted octanol–water partition coefficient (Wildman–Crippen LogP) is 3.43. The molecule has 0 aliphatic carbocycles. The van der Waals surface area contributed by atoms with Crippen LogP contribution in [0.2, 0.25) is 0 Å². The number of anilines is 1. The maximum absolute atomic E-state index is 12.9. The van der Waals surface area contributed by atoms with Crippen LogP contribution in [-0.4, -0.2) is 23.1 Å². The molecule has 1 N–H and O–H groups in total. The second-order valence-corrected chi connectivity index (χ2v) is 9.99. The molecule has 0 amide bonds. The van der Waals surface area contributed by atoms with E-state index in [-0.39, 0.29) is 9.79 Å². The lowest BCUT2D eigenvalue weighted by Gasteiger charge is -2.19. The van der Waals surface area contributed by atoms with E-state index in [1.165, 1.54) is 24.3 Å². The van der Waals surface area contributed by atoms with Gasteiger partial charge in [0.25, 0.3) is 10.0 Å². The Morgan fingerprint density at radius 1 is 0.680 bits per heavy atom. The average Bonchev–Trinajstić information content (AvgIpc) is 2.50. The van der Waals surface area contributed by atoms with Crippen molar-refractivity contribution >= 4 is 25.5 Å². The van der Waals surface area contributed by atoms with Crippen LogP contribution < -0.4 is 4.72 Å². The number of hydrogen-bond donors (Lipinski definition) is 1. The normalized spacial score (nSPS) is 12.2. The maximum atomic E-state index is 12.9. The number of rotatable bonds is 4. The van der Waals surface area contributed by atoms with Crippen LogP contribution in [0.25, 0.3) is 0 Å². The van der Waals surface area contributed by atoms with Gasteiger partial charge >= 0.3 is 0 Å². The summed E-state index contributed by atoms with van der Waals surface area (Å²) >= 11 is 0. The summed E-state index contributed by atoms with van der Waals surface area (Å²) < 4.78 is 51.4. The van der Waals surface area contributed by atoms with E-state index in [1.54, 1.807) is 13.8 Å². The molecule has 0 saturated carbocycles. The lowest BCUT2D eigenvalue weighted by molar-refractivity contribution is 0.599. The summed E-state index contributed by atoms with van der Waals surface area (Å²) in [5.74, 6) is 0. The first-order chi connectivity index (χ1) is 11.4. The molecule has 5 nitrogen and oxygen atoms in total. The molecule has 0 bridgehead atoms. The van der Waals surface area contributed by atoms with Gasteiger partial charge in [-0.1, -0.05) is 0 Å². The van der Waals surface area contributed by atoms with Gasteiger partial charge in [-0.05, 0) is 86.7 Å². The molecule has 136 valence electrons. The van der Waals surface area contributed by atoms with Crippen LogP contribution in [-0.2, 0) is 19.9 Å². The van der Waals surface area contributed by atoms with Gasteiger partial charge in [0, 0.05) is 11.9 Å². The second kappa shape index (κ2) is 6.46. The maximum Gasteiger partial charge on any atom is 0.262 e. The summed E-state index contributed by atoms with van der Waals surface area (Å²) in [6, 6.07) is 5.68. The molecular weight excluding hydrogens is 358 g/mol. The molecule has 0 saturated heterocycles. The Morgan fingerprint density at radius 2 is 1.08 bits per heavy atom. The van der Waals surface area contributed by atoms with Gasteiger partial charge in [0.15, 0.2) is 9.84 Å². The van der Waals surface area contributed by atoms with Crippen LogP contribution in [0, 0.1) is 34.6 Å². The third-order valence-electron chi connectivity index (χ3n) is 4.73.